The van der Waals surface area contributed by atoms with Crippen LogP contribution >= 0.6 is 34.4 Å². The maximum atomic E-state index is 3.74. The van der Waals surface area contributed by atoms with Crippen molar-refractivity contribution in [3.8, 4) is 22.3 Å². The van der Waals surface area contributed by atoms with Crippen molar-refractivity contribution in [2.24, 2.45) is 0 Å². The molecule has 0 aromatic carbocycles. The normalized spacial score (nSPS) is 11.2. The molecule has 0 saturated carbocycles. The van der Waals surface area contributed by atoms with Crippen LogP contribution in [0, 0.1) is 11.8 Å². The van der Waals surface area contributed by atoms with Crippen molar-refractivity contribution in [2.75, 3.05) is 0 Å². The van der Waals surface area contributed by atoms with Crippen LogP contribution in [0.1, 0.15) is 68.5 Å². The second-order valence-electron chi connectivity index (χ2n) is 6.29. The van der Waals surface area contributed by atoms with Crippen LogP contribution < -0.4 is 0 Å². The summed E-state index contributed by atoms with van der Waals surface area (Å²) in [7, 11) is 0. The first-order chi connectivity index (χ1) is 12.7. The Bertz CT molecular complexity index is 765. The third-order valence-corrected chi connectivity index (χ3v) is 6.88. The molecular formula is C23H28S3. The molecule has 2 heterocycles. The van der Waals surface area contributed by atoms with Crippen LogP contribution in [0.25, 0.3) is 16.0 Å². The van der Waals surface area contributed by atoms with E-state index in [1.807, 2.05) is 5.41 Å². The SMILES string of the molecule is C=CS/C=C(\C)c1cc(-c2ccc(C#CCCCCCCCC)s2)cs1. The lowest BCUT2D eigenvalue weighted by molar-refractivity contribution is 0.614. The van der Waals surface area contributed by atoms with E-state index in [1.54, 1.807) is 34.4 Å². The first kappa shape index (κ1) is 21.1. The van der Waals surface area contributed by atoms with E-state index < -0.39 is 0 Å². The van der Waals surface area contributed by atoms with E-state index >= 15 is 0 Å². The van der Waals surface area contributed by atoms with E-state index in [0.717, 1.165) is 6.42 Å². The monoisotopic (exact) mass is 400 g/mol. The van der Waals surface area contributed by atoms with Gasteiger partial charge in [0.25, 0.3) is 0 Å². The van der Waals surface area contributed by atoms with Crippen molar-refractivity contribution in [3.63, 3.8) is 0 Å². The average molecular weight is 401 g/mol. The summed E-state index contributed by atoms with van der Waals surface area (Å²) in [6, 6.07) is 6.63. The minimum Gasteiger partial charge on any atom is -0.143 e. The first-order valence-corrected chi connectivity index (χ1v) is 12.0. The van der Waals surface area contributed by atoms with Crippen molar-refractivity contribution in [1.29, 1.82) is 0 Å². The summed E-state index contributed by atoms with van der Waals surface area (Å²) in [4.78, 5) is 3.80. The van der Waals surface area contributed by atoms with Crippen molar-refractivity contribution >= 4 is 40.0 Å². The van der Waals surface area contributed by atoms with Crippen LogP contribution in [0.15, 0.2) is 41.0 Å². The smallest absolute Gasteiger partial charge is 0.0775 e. The summed E-state index contributed by atoms with van der Waals surface area (Å²) < 4.78 is 0. The quantitative estimate of drug-likeness (QED) is 0.283. The van der Waals surface area contributed by atoms with Crippen molar-refractivity contribution < 1.29 is 0 Å². The molecule has 0 fully saturated rings. The molecule has 0 aliphatic heterocycles. The Hall–Kier alpha value is -1.21. The van der Waals surface area contributed by atoms with Crippen molar-refractivity contribution in [1.82, 2.24) is 0 Å². The number of hydrogen-bond donors (Lipinski definition) is 0. The van der Waals surface area contributed by atoms with Gasteiger partial charge in [-0.15, -0.1) is 34.4 Å². The molecule has 138 valence electrons. The molecule has 0 saturated heterocycles. The molecule has 26 heavy (non-hydrogen) atoms. The highest BCUT2D eigenvalue weighted by Crippen LogP contribution is 2.34. The standard InChI is InChI=1S/C23H28S3/c1-4-6-7-8-9-10-11-12-13-21-14-15-22(26-21)20-16-23(25-18-20)19(3)17-24-5-2/h5,14-18H,2,4,6-11H2,1,3H3/b19-17+. The Labute approximate surface area is 171 Å². The fourth-order valence-electron chi connectivity index (χ4n) is 2.58. The lowest BCUT2D eigenvalue weighted by atomic mass is 10.1. The zero-order valence-corrected chi connectivity index (χ0v) is 18.3. The molecule has 3 heteroatoms. The molecular weight excluding hydrogens is 372 g/mol. The number of allylic oxidation sites excluding steroid dienone is 1. The molecule has 0 atom stereocenters. The molecule has 0 amide bonds. The fraction of sp³-hybridized carbons (Fsp3) is 0.391. The van der Waals surface area contributed by atoms with Gasteiger partial charge in [-0.25, -0.2) is 0 Å². The topological polar surface area (TPSA) is 0 Å². The average Bonchev–Trinajstić information content (AvgIpc) is 3.31. The zero-order valence-electron chi connectivity index (χ0n) is 15.8. The zero-order chi connectivity index (χ0) is 18.6. The molecule has 2 aromatic rings. The largest absolute Gasteiger partial charge is 0.143 e. The molecule has 0 nitrogen and oxygen atoms in total. The van der Waals surface area contributed by atoms with Gasteiger partial charge in [0.1, 0.15) is 0 Å². The van der Waals surface area contributed by atoms with E-state index in [0.29, 0.717) is 0 Å². The Kier molecular flexibility index (Phi) is 9.92. The Morgan fingerprint density at radius 1 is 1.19 bits per heavy atom. The van der Waals surface area contributed by atoms with Crippen LogP contribution in [-0.4, -0.2) is 0 Å². The van der Waals surface area contributed by atoms with Crippen LogP contribution in [-0.2, 0) is 0 Å². The van der Waals surface area contributed by atoms with Crippen LogP contribution in [0.4, 0.5) is 0 Å². The summed E-state index contributed by atoms with van der Waals surface area (Å²) in [5, 5.41) is 6.24. The Balaban J connectivity index is 1.85. The number of unbranched alkanes of at least 4 members (excludes halogenated alkanes) is 6. The highest BCUT2D eigenvalue weighted by molar-refractivity contribution is 8.05. The highest BCUT2D eigenvalue weighted by atomic mass is 32.2. The van der Waals surface area contributed by atoms with Crippen LogP contribution in [0.2, 0.25) is 0 Å². The lowest BCUT2D eigenvalue weighted by Gasteiger charge is -1.96. The Morgan fingerprint density at radius 2 is 2.00 bits per heavy atom. The predicted octanol–water partition coefficient (Wildman–Crippen LogP) is 8.82. The number of thioether (sulfide) groups is 1. The van der Waals surface area contributed by atoms with Gasteiger partial charge in [-0.3, -0.25) is 0 Å². The second kappa shape index (κ2) is 12.2. The van der Waals surface area contributed by atoms with Gasteiger partial charge in [0.15, 0.2) is 0 Å². The number of thiophene rings is 2. The molecule has 0 aliphatic carbocycles. The van der Waals surface area contributed by atoms with Gasteiger partial charge >= 0.3 is 0 Å². The third kappa shape index (κ3) is 7.19. The maximum Gasteiger partial charge on any atom is 0.0775 e. The van der Waals surface area contributed by atoms with Gasteiger partial charge in [0, 0.05) is 21.7 Å². The molecule has 0 bridgehead atoms. The van der Waals surface area contributed by atoms with E-state index in [-0.39, 0.29) is 0 Å². The minimum absolute atomic E-state index is 1.02. The first-order valence-electron chi connectivity index (χ1n) is 9.35. The lowest BCUT2D eigenvalue weighted by Crippen LogP contribution is -1.77. The minimum atomic E-state index is 1.02. The predicted molar refractivity (Wildman–Crippen MR) is 124 cm³/mol. The molecule has 0 N–H and O–H groups in total. The third-order valence-electron chi connectivity index (χ3n) is 4.09. The van der Waals surface area contributed by atoms with Gasteiger partial charge < -0.3 is 0 Å². The van der Waals surface area contributed by atoms with Gasteiger partial charge in [0.2, 0.25) is 0 Å². The van der Waals surface area contributed by atoms with Crippen molar-refractivity contribution in [3.05, 3.63) is 50.7 Å². The molecule has 0 aliphatic rings. The summed E-state index contributed by atoms with van der Waals surface area (Å²) in [5.41, 5.74) is 2.59. The van der Waals surface area contributed by atoms with Gasteiger partial charge in [-0.05, 0) is 53.3 Å². The second-order valence-corrected chi connectivity index (χ2v) is 9.12. The van der Waals surface area contributed by atoms with E-state index in [4.69, 9.17) is 0 Å². The summed E-state index contributed by atoms with van der Waals surface area (Å²) in [6.07, 6.45) is 9.00. The van der Waals surface area contributed by atoms with E-state index in [1.165, 1.54) is 64.3 Å². The summed E-state index contributed by atoms with van der Waals surface area (Å²) in [6.45, 7) is 8.16. The molecule has 2 rings (SSSR count). The summed E-state index contributed by atoms with van der Waals surface area (Å²) >= 11 is 5.23. The molecule has 2 aromatic heterocycles. The number of rotatable bonds is 10. The summed E-state index contributed by atoms with van der Waals surface area (Å²) in [5.74, 6) is 6.69. The van der Waals surface area contributed by atoms with Crippen molar-refractivity contribution in [2.45, 2.75) is 58.8 Å². The van der Waals surface area contributed by atoms with Gasteiger partial charge in [-0.2, -0.15) is 0 Å². The van der Waals surface area contributed by atoms with Crippen LogP contribution in [0.5, 0.6) is 0 Å². The van der Waals surface area contributed by atoms with Gasteiger partial charge in [-0.1, -0.05) is 57.4 Å². The van der Waals surface area contributed by atoms with E-state index in [2.05, 4.69) is 61.3 Å². The van der Waals surface area contributed by atoms with Gasteiger partial charge in [0.05, 0.1) is 4.88 Å². The Morgan fingerprint density at radius 3 is 2.81 bits per heavy atom. The molecule has 0 radical (unpaired) electrons. The molecule has 0 spiro atoms. The van der Waals surface area contributed by atoms with E-state index in [9.17, 15) is 0 Å². The molecule has 0 unspecified atom stereocenters. The fourth-order valence-corrected chi connectivity index (χ4v) is 4.92. The highest BCUT2D eigenvalue weighted by Gasteiger charge is 2.06. The van der Waals surface area contributed by atoms with Crippen LogP contribution in [0.3, 0.4) is 0 Å². The number of hydrogen-bond acceptors (Lipinski definition) is 3. The maximum absolute atomic E-state index is 3.74.